The van der Waals surface area contributed by atoms with Crippen molar-refractivity contribution in [3.63, 3.8) is 0 Å². The van der Waals surface area contributed by atoms with Crippen LogP contribution in [-0.4, -0.2) is 37.6 Å². The second-order valence-corrected chi connectivity index (χ2v) is 6.42. The van der Waals surface area contributed by atoms with Crippen LogP contribution in [0.15, 0.2) is 48.5 Å². The third kappa shape index (κ3) is 7.81. The Morgan fingerprint density at radius 1 is 1.13 bits per heavy atom. The standard InChI is InChI=1S/C22H23FN2O6/c1-14(22(28)25-12-16-3-7-17(23)8-4-16)31-21(27)10-6-15-5-9-18(19(11-15)29-2)30-13-20(24)26/h3-11,14H,12-13H2,1-2H3,(H2,24,26)(H,25,28)/b10-6+. The Kier molecular flexibility index (Phi) is 8.56. The van der Waals surface area contributed by atoms with Crippen molar-refractivity contribution < 1.29 is 33.0 Å². The van der Waals surface area contributed by atoms with E-state index >= 15 is 0 Å². The molecule has 0 aliphatic rings. The number of benzene rings is 2. The molecular formula is C22H23FN2O6. The molecule has 0 bridgehead atoms. The van der Waals surface area contributed by atoms with E-state index in [1.165, 1.54) is 38.3 Å². The smallest absolute Gasteiger partial charge is 0.331 e. The summed E-state index contributed by atoms with van der Waals surface area (Å²) in [6, 6.07) is 10.5. The lowest BCUT2D eigenvalue weighted by atomic mass is 10.2. The van der Waals surface area contributed by atoms with E-state index in [0.717, 1.165) is 0 Å². The van der Waals surface area contributed by atoms with Gasteiger partial charge in [0.2, 0.25) is 0 Å². The van der Waals surface area contributed by atoms with Crippen molar-refractivity contribution in [2.75, 3.05) is 13.7 Å². The van der Waals surface area contributed by atoms with E-state index in [9.17, 15) is 18.8 Å². The summed E-state index contributed by atoms with van der Waals surface area (Å²) in [7, 11) is 1.43. The van der Waals surface area contributed by atoms with Crippen LogP contribution >= 0.6 is 0 Å². The molecule has 0 aliphatic carbocycles. The van der Waals surface area contributed by atoms with Gasteiger partial charge in [-0.15, -0.1) is 0 Å². The lowest BCUT2D eigenvalue weighted by Crippen LogP contribution is -2.35. The highest BCUT2D eigenvalue weighted by Crippen LogP contribution is 2.28. The highest BCUT2D eigenvalue weighted by molar-refractivity contribution is 5.90. The average Bonchev–Trinajstić information content (AvgIpc) is 2.75. The third-order valence-electron chi connectivity index (χ3n) is 4.01. The Hall–Kier alpha value is -3.88. The van der Waals surface area contributed by atoms with E-state index in [0.29, 0.717) is 22.6 Å². The van der Waals surface area contributed by atoms with Crippen molar-refractivity contribution >= 4 is 23.9 Å². The van der Waals surface area contributed by atoms with Gasteiger partial charge in [-0.25, -0.2) is 9.18 Å². The minimum atomic E-state index is -1.02. The zero-order valence-electron chi connectivity index (χ0n) is 17.1. The number of hydrogen-bond acceptors (Lipinski definition) is 6. The third-order valence-corrected chi connectivity index (χ3v) is 4.01. The molecule has 3 N–H and O–H groups in total. The van der Waals surface area contributed by atoms with Crippen LogP contribution in [0.5, 0.6) is 11.5 Å². The summed E-state index contributed by atoms with van der Waals surface area (Å²) in [5, 5.41) is 2.61. The normalized spacial score (nSPS) is 11.6. The quantitative estimate of drug-likeness (QED) is 0.440. The van der Waals surface area contributed by atoms with Gasteiger partial charge in [-0.2, -0.15) is 0 Å². The number of methoxy groups -OCH3 is 1. The number of amides is 2. The zero-order chi connectivity index (χ0) is 22.8. The maximum atomic E-state index is 12.9. The first-order valence-electron chi connectivity index (χ1n) is 9.28. The molecule has 0 aromatic heterocycles. The Bertz CT molecular complexity index is 959. The molecule has 0 radical (unpaired) electrons. The summed E-state index contributed by atoms with van der Waals surface area (Å²) in [5.41, 5.74) is 6.37. The summed E-state index contributed by atoms with van der Waals surface area (Å²) in [6.45, 7) is 1.33. The molecule has 2 rings (SSSR count). The van der Waals surface area contributed by atoms with Crippen molar-refractivity contribution in [1.82, 2.24) is 5.32 Å². The SMILES string of the molecule is COc1cc(/C=C/C(=O)OC(C)C(=O)NCc2ccc(F)cc2)ccc1OCC(N)=O. The molecule has 9 heteroatoms. The van der Waals surface area contributed by atoms with Crippen LogP contribution in [0.1, 0.15) is 18.1 Å². The van der Waals surface area contributed by atoms with Crippen molar-refractivity contribution in [3.8, 4) is 11.5 Å². The highest BCUT2D eigenvalue weighted by atomic mass is 19.1. The van der Waals surface area contributed by atoms with Gasteiger partial charge in [-0.1, -0.05) is 18.2 Å². The summed E-state index contributed by atoms with van der Waals surface area (Å²) >= 11 is 0. The highest BCUT2D eigenvalue weighted by Gasteiger charge is 2.16. The topological polar surface area (TPSA) is 117 Å². The second kappa shape index (κ2) is 11.3. The van der Waals surface area contributed by atoms with Gasteiger partial charge < -0.3 is 25.3 Å². The van der Waals surface area contributed by atoms with E-state index < -0.39 is 23.9 Å². The molecule has 31 heavy (non-hydrogen) atoms. The molecule has 0 saturated carbocycles. The van der Waals surface area contributed by atoms with Crippen LogP contribution < -0.4 is 20.5 Å². The first-order chi connectivity index (χ1) is 14.8. The maximum absolute atomic E-state index is 12.9. The van der Waals surface area contributed by atoms with Gasteiger partial charge in [0.25, 0.3) is 11.8 Å². The van der Waals surface area contributed by atoms with Crippen molar-refractivity contribution in [1.29, 1.82) is 0 Å². The molecule has 1 unspecified atom stereocenters. The van der Waals surface area contributed by atoms with Gasteiger partial charge in [0, 0.05) is 12.6 Å². The minimum absolute atomic E-state index is 0.181. The average molecular weight is 430 g/mol. The van der Waals surface area contributed by atoms with Crippen LogP contribution in [0.3, 0.4) is 0 Å². The molecule has 0 fully saturated rings. The van der Waals surface area contributed by atoms with Gasteiger partial charge in [0.1, 0.15) is 5.82 Å². The number of esters is 1. The van der Waals surface area contributed by atoms with Crippen molar-refractivity contribution in [2.45, 2.75) is 19.6 Å². The molecule has 0 aliphatic heterocycles. The van der Waals surface area contributed by atoms with E-state index in [-0.39, 0.29) is 19.0 Å². The molecule has 0 spiro atoms. The molecule has 164 valence electrons. The first kappa shape index (κ1) is 23.4. The lowest BCUT2D eigenvalue weighted by Gasteiger charge is -2.12. The zero-order valence-corrected chi connectivity index (χ0v) is 17.1. The fourth-order valence-electron chi connectivity index (χ4n) is 2.42. The number of nitrogens with one attached hydrogen (secondary N) is 1. The number of carbonyl (C=O) groups excluding carboxylic acids is 3. The Morgan fingerprint density at radius 3 is 2.48 bits per heavy atom. The van der Waals surface area contributed by atoms with Gasteiger partial charge in [-0.05, 0) is 48.4 Å². The van der Waals surface area contributed by atoms with Crippen LogP contribution in [0.25, 0.3) is 6.08 Å². The van der Waals surface area contributed by atoms with E-state index in [1.807, 2.05) is 0 Å². The number of rotatable bonds is 10. The van der Waals surface area contributed by atoms with Crippen LogP contribution in [0.2, 0.25) is 0 Å². The molecule has 8 nitrogen and oxygen atoms in total. The van der Waals surface area contributed by atoms with Gasteiger partial charge in [0.15, 0.2) is 24.2 Å². The number of carbonyl (C=O) groups is 3. The summed E-state index contributed by atoms with van der Waals surface area (Å²) in [6.07, 6.45) is 1.63. The van der Waals surface area contributed by atoms with Crippen LogP contribution in [-0.2, 0) is 25.7 Å². The predicted octanol–water partition coefficient (Wildman–Crippen LogP) is 1.96. The summed E-state index contributed by atoms with van der Waals surface area (Å²) < 4.78 is 28.4. The number of primary amides is 1. The van der Waals surface area contributed by atoms with Gasteiger partial charge in [0.05, 0.1) is 7.11 Å². The summed E-state index contributed by atoms with van der Waals surface area (Å²) in [4.78, 5) is 34.9. The first-order valence-corrected chi connectivity index (χ1v) is 9.28. The van der Waals surface area contributed by atoms with E-state index in [4.69, 9.17) is 19.9 Å². The monoisotopic (exact) mass is 430 g/mol. The molecule has 2 aromatic rings. The number of hydrogen-bond donors (Lipinski definition) is 2. The molecule has 1 atom stereocenters. The minimum Gasteiger partial charge on any atom is -0.493 e. The predicted molar refractivity (Wildman–Crippen MR) is 111 cm³/mol. The van der Waals surface area contributed by atoms with Crippen molar-refractivity contribution in [2.24, 2.45) is 5.73 Å². The fraction of sp³-hybridized carbons (Fsp3) is 0.227. The number of ether oxygens (including phenoxy) is 3. The van der Waals surface area contributed by atoms with Crippen molar-refractivity contribution in [3.05, 3.63) is 65.5 Å². The van der Waals surface area contributed by atoms with Crippen LogP contribution in [0, 0.1) is 5.82 Å². The fourth-order valence-corrected chi connectivity index (χ4v) is 2.42. The van der Waals surface area contributed by atoms with E-state index in [1.54, 1.807) is 30.3 Å². The summed E-state index contributed by atoms with van der Waals surface area (Å²) in [5.74, 6) is -1.50. The lowest BCUT2D eigenvalue weighted by molar-refractivity contribution is -0.150. The Balaban J connectivity index is 1.88. The maximum Gasteiger partial charge on any atom is 0.331 e. The second-order valence-electron chi connectivity index (χ2n) is 6.42. The van der Waals surface area contributed by atoms with Gasteiger partial charge in [-0.3, -0.25) is 9.59 Å². The molecule has 2 amide bonds. The number of halogens is 1. The number of nitrogens with two attached hydrogens (primary N) is 1. The van der Waals surface area contributed by atoms with E-state index in [2.05, 4.69) is 5.32 Å². The van der Waals surface area contributed by atoms with Crippen LogP contribution in [0.4, 0.5) is 4.39 Å². The molecule has 0 saturated heterocycles. The molecule has 2 aromatic carbocycles. The Morgan fingerprint density at radius 2 is 1.84 bits per heavy atom. The molecule has 0 heterocycles. The molecular weight excluding hydrogens is 407 g/mol. The van der Waals surface area contributed by atoms with Gasteiger partial charge >= 0.3 is 5.97 Å². The Labute approximate surface area is 178 Å². The largest absolute Gasteiger partial charge is 0.493 e.